The van der Waals surface area contributed by atoms with Crippen molar-refractivity contribution in [3.8, 4) is 0 Å². The summed E-state index contributed by atoms with van der Waals surface area (Å²) in [5.41, 5.74) is 3.73. The fourth-order valence-electron chi connectivity index (χ4n) is 1.48. The van der Waals surface area contributed by atoms with Gasteiger partial charge in [0, 0.05) is 12.7 Å². The van der Waals surface area contributed by atoms with E-state index in [0.29, 0.717) is 11.3 Å². The predicted molar refractivity (Wildman–Crippen MR) is 69.8 cm³/mol. The number of nitrogens with zero attached hydrogens (tertiary/aromatic N) is 1. The highest BCUT2D eigenvalue weighted by molar-refractivity contribution is 5.99. The molecule has 0 aliphatic carbocycles. The highest BCUT2D eigenvalue weighted by Crippen LogP contribution is 2.13. The van der Waals surface area contributed by atoms with Crippen molar-refractivity contribution in [2.24, 2.45) is 5.10 Å². The number of furan rings is 1. The van der Waals surface area contributed by atoms with Crippen LogP contribution in [0.25, 0.3) is 0 Å². The second kappa shape index (κ2) is 5.67. The molecule has 0 atom stereocenters. The number of hydrazone groups is 1. The van der Waals surface area contributed by atoms with Crippen LogP contribution in [0, 0.1) is 0 Å². The van der Waals surface area contributed by atoms with Crippen molar-refractivity contribution in [3.05, 3.63) is 54.0 Å². The zero-order valence-electron chi connectivity index (χ0n) is 9.88. The molecule has 2 N–H and O–H groups in total. The lowest BCUT2D eigenvalue weighted by Crippen LogP contribution is -2.18. The van der Waals surface area contributed by atoms with Crippen molar-refractivity contribution in [1.29, 1.82) is 0 Å². The molecule has 0 saturated carbocycles. The summed E-state index contributed by atoms with van der Waals surface area (Å²) in [7, 11) is 1.76. The maximum Gasteiger partial charge on any atom is 0.273 e. The molecule has 2 rings (SSSR count). The Morgan fingerprint density at radius 1 is 1.28 bits per heavy atom. The van der Waals surface area contributed by atoms with Gasteiger partial charge in [-0.05, 0) is 24.3 Å². The highest BCUT2D eigenvalue weighted by Gasteiger charge is 2.08. The molecule has 0 radical (unpaired) electrons. The van der Waals surface area contributed by atoms with Crippen LogP contribution in [-0.2, 0) is 0 Å². The fourth-order valence-corrected chi connectivity index (χ4v) is 1.48. The lowest BCUT2D eigenvalue weighted by atomic mass is 10.1. The van der Waals surface area contributed by atoms with Gasteiger partial charge in [0.05, 0.1) is 18.0 Å². The SMILES string of the molecule is CNc1ccccc1C(=O)N/N=C\c1ccco1. The molecule has 5 nitrogen and oxygen atoms in total. The molecule has 1 aromatic carbocycles. The van der Waals surface area contributed by atoms with Crippen molar-refractivity contribution in [2.75, 3.05) is 12.4 Å². The van der Waals surface area contributed by atoms with Gasteiger partial charge in [0.2, 0.25) is 0 Å². The molecule has 18 heavy (non-hydrogen) atoms. The molecule has 0 unspecified atom stereocenters. The summed E-state index contributed by atoms with van der Waals surface area (Å²) in [5, 5.41) is 6.77. The van der Waals surface area contributed by atoms with Gasteiger partial charge in [0.1, 0.15) is 5.76 Å². The van der Waals surface area contributed by atoms with Gasteiger partial charge in [0.25, 0.3) is 5.91 Å². The van der Waals surface area contributed by atoms with E-state index in [9.17, 15) is 4.79 Å². The van der Waals surface area contributed by atoms with Crippen LogP contribution in [0.4, 0.5) is 5.69 Å². The first-order chi connectivity index (χ1) is 8.81. The summed E-state index contributed by atoms with van der Waals surface area (Å²) in [6.45, 7) is 0. The maximum atomic E-state index is 11.9. The van der Waals surface area contributed by atoms with Crippen molar-refractivity contribution >= 4 is 17.8 Å². The van der Waals surface area contributed by atoms with Gasteiger partial charge in [-0.25, -0.2) is 5.43 Å². The van der Waals surface area contributed by atoms with Crippen molar-refractivity contribution in [3.63, 3.8) is 0 Å². The molecule has 1 aromatic heterocycles. The van der Waals surface area contributed by atoms with E-state index in [1.54, 1.807) is 37.6 Å². The first-order valence-corrected chi connectivity index (χ1v) is 5.45. The normalized spacial score (nSPS) is 10.5. The Morgan fingerprint density at radius 3 is 2.83 bits per heavy atom. The van der Waals surface area contributed by atoms with Gasteiger partial charge < -0.3 is 9.73 Å². The number of carbonyl (C=O) groups is 1. The molecule has 1 heterocycles. The zero-order valence-corrected chi connectivity index (χ0v) is 9.88. The van der Waals surface area contributed by atoms with E-state index in [1.807, 2.05) is 12.1 Å². The van der Waals surface area contributed by atoms with E-state index in [4.69, 9.17) is 4.42 Å². The quantitative estimate of drug-likeness (QED) is 0.638. The Bertz CT molecular complexity index is 547. The number of benzene rings is 1. The topological polar surface area (TPSA) is 66.6 Å². The second-order valence-corrected chi connectivity index (χ2v) is 3.51. The minimum atomic E-state index is -0.275. The predicted octanol–water partition coefficient (Wildman–Crippen LogP) is 2.09. The number of para-hydroxylation sites is 1. The Hall–Kier alpha value is -2.56. The maximum absolute atomic E-state index is 11.9. The van der Waals surface area contributed by atoms with Crippen LogP contribution in [0.2, 0.25) is 0 Å². The summed E-state index contributed by atoms with van der Waals surface area (Å²) < 4.78 is 5.05. The Morgan fingerprint density at radius 2 is 2.11 bits per heavy atom. The van der Waals surface area contributed by atoms with Gasteiger partial charge >= 0.3 is 0 Å². The van der Waals surface area contributed by atoms with Crippen LogP contribution >= 0.6 is 0 Å². The smallest absolute Gasteiger partial charge is 0.273 e. The molecule has 92 valence electrons. The largest absolute Gasteiger partial charge is 0.463 e. The molecule has 0 aliphatic rings. The summed E-state index contributed by atoms with van der Waals surface area (Å²) >= 11 is 0. The lowest BCUT2D eigenvalue weighted by Gasteiger charge is -2.06. The number of rotatable bonds is 4. The van der Waals surface area contributed by atoms with Crippen LogP contribution < -0.4 is 10.7 Å². The molecule has 2 aromatic rings. The van der Waals surface area contributed by atoms with E-state index in [1.165, 1.54) is 6.21 Å². The minimum absolute atomic E-state index is 0.275. The third kappa shape index (κ3) is 2.76. The van der Waals surface area contributed by atoms with E-state index >= 15 is 0 Å². The van der Waals surface area contributed by atoms with Crippen LogP contribution in [-0.4, -0.2) is 19.2 Å². The number of hydrogen-bond acceptors (Lipinski definition) is 4. The molecular formula is C13H13N3O2. The molecule has 1 amide bonds. The number of anilines is 1. The third-order valence-electron chi connectivity index (χ3n) is 2.34. The highest BCUT2D eigenvalue weighted by atomic mass is 16.3. The molecular weight excluding hydrogens is 230 g/mol. The minimum Gasteiger partial charge on any atom is -0.463 e. The zero-order chi connectivity index (χ0) is 12.8. The average molecular weight is 243 g/mol. The van der Waals surface area contributed by atoms with Gasteiger partial charge in [-0.2, -0.15) is 5.10 Å². The molecule has 0 spiro atoms. The van der Waals surface area contributed by atoms with E-state index in [0.717, 1.165) is 5.69 Å². The first kappa shape index (κ1) is 11.9. The molecule has 0 aliphatic heterocycles. The summed E-state index contributed by atoms with van der Waals surface area (Å²) in [4.78, 5) is 11.9. The van der Waals surface area contributed by atoms with E-state index in [2.05, 4.69) is 15.8 Å². The van der Waals surface area contributed by atoms with Crippen molar-refractivity contribution in [1.82, 2.24) is 5.43 Å². The van der Waals surface area contributed by atoms with Gasteiger partial charge in [0.15, 0.2) is 0 Å². The molecule has 0 bridgehead atoms. The molecule has 0 saturated heterocycles. The monoisotopic (exact) mass is 243 g/mol. The van der Waals surface area contributed by atoms with Gasteiger partial charge in [-0.1, -0.05) is 12.1 Å². The number of hydrogen-bond donors (Lipinski definition) is 2. The average Bonchev–Trinajstić information content (AvgIpc) is 2.91. The number of amides is 1. The summed E-state index contributed by atoms with van der Waals surface area (Å²) in [6, 6.07) is 10.7. The van der Waals surface area contributed by atoms with E-state index < -0.39 is 0 Å². The van der Waals surface area contributed by atoms with E-state index in [-0.39, 0.29) is 5.91 Å². The fraction of sp³-hybridized carbons (Fsp3) is 0.0769. The molecule has 5 heteroatoms. The molecule has 0 fully saturated rings. The number of nitrogens with one attached hydrogen (secondary N) is 2. The summed E-state index contributed by atoms with van der Waals surface area (Å²) in [6.07, 6.45) is 2.99. The Balaban J connectivity index is 2.04. The van der Waals surface area contributed by atoms with Crippen LogP contribution in [0.15, 0.2) is 52.2 Å². The first-order valence-electron chi connectivity index (χ1n) is 5.45. The second-order valence-electron chi connectivity index (χ2n) is 3.51. The third-order valence-corrected chi connectivity index (χ3v) is 2.34. The van der Waals surface area contributed by atoms with Crippen LogP contribution in [0.1, 0.15) is 16.1 Å². The summed E-state index contributed by atoms with van der Waals surface area (Å²) in [5.74, 6) is 0.306. The van der Waals surface area contributed by atoms with Gasteiger partial charge in [-0.3, -0.25) is 4.79 Å². The van der Waals surface area contributed by atoms with Crippen LogP contribution in [0.5, 0.6) is 0 Å². The van der Waals surface area contributed by atoms with Crippen molar-refractivity contribution < 1.29 is 9.21 Å². The Kier molecular flexibility index (Phi) is 3.76. The van der Waals surface area contributed by atoms with Crippen LogP contribution in [0.3, 0.4) is 0 Å². The number of carbonyl (C=O) groups excluding carboxylic acids is 1. The van der Waals surface area contributed by atoms with Crippen molar-refractivity contribution in [2.45, 2.75) is 0 Å². The van der Waals surface area contributed by atoms with Gasteiger partial charge in [-0.15, -0.1) is 0 Å². The standard InChI is InChI=1S/C13H13N3O2/c1-14-12-7-3-2-6-11(12)13(17)16-15-9-10-5-4-8-18-10/h2-9,14H,1H3,(H,16,17)/b15-9-. The Labute approximate surface area is 105 Å². The lowest BCUT2D eigenvalue weighted by molar-refractivity contribution is 0.0956.